The fraction of sp³-hybridized carbons (Fsp3) is 0.600. The molecule has 2 rings (SSSR count). The van der Waals surface area contributed by atoms with Gasteiger partial charge in [-0.3, -0.25) is 14.3 Å². The summed E-state index contributed by atoms with van der Waals surface area (Å²) in [7, 11) is 0. The molecule has 1 aliphatic heterocycles. The van der Waals surface area contributed by atoms with Gasteiger partial charge in [0.25, 0.3) is 5.56 Å². The molecule has 1 fully saturated rings. The molecule has 0 aromatic carbocycles. The number of aromatic amines is 1. The van der Waals surface area contributed by atoms with Crippen LogP contribution in [0.25, 0.3) is 10.4 Å². The summed E-state index contributed by atoms with van der Waals surface area (Å²) in [5.74, 6) is 0. The number of nitrogens with one attached hydrogen (secondary N) is 1. The third-order valence-corrected chi connectivity index (χ3v) is 4.59. The van der Waals surface area contributed by atoms with Crippen LogP contribution in [0.4, 0.5) is 0 Å². The molecule has 0 bridgehead atoms. The molecule has 0 unspecified atom stereocenters. The van der Waals surface area contributed by atoms with Crippen LogP contribution >= 0.6 is 11.8 Å². The van der Waals surface area contributed by atoms with Crippen molar-refractivity contribution in [1.29, 1.82) is 0 Å². The van der Waals surface area contributed by atoms with Gasteiger partial charge in [0.2, 0.25) is 0 Å². The largest absolute Gasteiger partial charge is 0.395 e. The molecule has 102 valence electrons. The van der Waals surface area contributed by atoms with Crippen LogP contribution in [-0.4, -0.2) is 32.6 Å². The van der Waals surface area contributed by atoms with Crippen molar-refractivity contribution in [2.75, 3.05) is 6.61 Å². The molecule has 0 saturated carbocycles. The first-order chi connectivity index (χ1) is 9.06. The van der Waals surface area contributed by atoms with Gasteiger partial charge in [0.15, 0.2) is 0 Å². The second kappa shape index (κ2) is 5.52. The zero-order chi connectivity index (χ0) is 14.0. The summed E-state index contributed by atoms with van der Waals surface area (Å²) >= 11 is 1.37. The number of hydrogen-bond acceptors (Lipinski definition) is 5. The number of aromatic nitrogens is 2. The number of hydrogen-bond donors (Lipinski definition) is 2. The Morgan fingerprint density at radius 2 is 2.42 bits per heavy atom. The Morgan fingerprint density at radius 1 is 1.68 bits per heavy atom. The van der Waals surface area contributed by atoms with E-state index in [2.05, 4.69) is 15.0 Å². The minimum atomic E-state index is -0.494. The number of nitrogens with zero attached hydrogens (tertiary/aromatic N) is 4. The predicted octanol–water partition coefficient (Wildman–Crippen LogP) is 0.520. The van der Waals surface area contributed by atoms with Gasteiger partial charge in [-0.15, -0.1) is 11.8 Å². The average Bonchev–Trinajstić information content (AvgIpc) is 2.77. The maximum absolute atomic E-state index is 11.8. The van der Waals surface area contributed by atoms with Crippen LogP contribution < -0.4 is 11.2 Å². The second-order valence-corrected chi connectivity index (χ2v) is 5.72. The molecule has 1 saturated heterocycles. The Morgan fingerprint density at radius 3 is 3.05 bits per heavy atom. The van der Waals surface area contributed by atoms with Crippen molar-refractivity contribution in [3.63, 3.8) is 0 Å². The van der Waals surface area contributed by atoms with Gasteiger partial charge in [-0.05, 0) is 18.9 Å². The van der Waals surface area contributed by atoms with Crippen LogP contribution in [-0.2, 0) is 0 Å². The van der Waals surface area contributed by atoms with Gasteiger partial charge in [-0.25, -0.2) is 4.79 Å². The normalized spacial score (nSPS) is 26.1. The number of H-pyrrole nitrogens is 1. The van der Waals surface area contributed by atoms with Gasteiger partial charge in [0.1, 0.15) is 0 Å². The Labute approximate surface area is 112 Å². The van der Waals surface area contributed by atoms with Crippen LogP contribution in [0.1, 0.15) is 17.4 Å². The number of aliphatic hydroxyl groups is 1. The fourth-order valence-electron chi connectivity index (χ4n) is 2.04. The quantitative estimate of drug-likeness (QED) is 0.476. The highest BCUT2D eigenvalue weighted by Crippen LogP contribution is 2.42. The van der Waals surface area contributed by atoms with Crippen LogP contribution in [0, 0.1) is 6.92 Å². The van der Waals surface area contributed by atoms with E-state index in [9.17, 15) is 14.7 Å². The molecule has 1 aromatic rings. The highest BCUT2D eigenvalue weighted by molar-refractivity contribution is 8.00. The van der Waals surface area contributed by atoms with Gasteiger partial charge in [0, 0.05) is 21.9 Å². The van der Waals surface area contributed by atoms with E-state index >= 15 is 0 Å². The summed E-state index contributed by atoms with van der Waals surface area (Å²) in [5, 5.41) is 12.4. The van der Waals surface area contributed by atoms with Crippen LogP contribution in [0.2, 0.25) is 0 Å². The maximum atomic E-state index is 11.8. The van der Waals surface area contributed by atoms with E-state index in [0.717, 1.165) is 0 Å². The molecule has 0 amide bonds. The Balaban J connectivity index is 2.34. The molecule has 2 N–H and O–H groups in total. The zero-order valence-electron chi connectivity index (χ0n) is 10.2. The van der Waals surface area contributed by atoms with Gasteiger partial charge < -0.3 is 5.11 Å². The van der Waals surface area contributed by atoms with Gasteiger partial charge >= 0.3 is 5.69 Å². The standard InChI is InChI=1S/C10H13N5O3S/c1-5-3-15(10(18)12-9(5)17)8-2-6(13-14-11)7(4-16)19-8/h3,6-8,16H,2,4H2,1H3,(H,12,17,18)/t6-,7+,8-/m0/s1. The number of thioether (sulfide) groups is 1. The van der Waals surface area contributed by atoms with Crippen molar-refractivity contribution >= 4 is 11.8 Å². The SMILES string of the molecule is Cc1cn([C@@H]2C[C@H](N=[N+]=[N-])[C@@H](CO)S2)c(=O)[nH]c1=O. The molecule has 9 heteroatoms. The molecule has 0 spiro atoms. The molecule has 0 aliphatic carbocycles. The van der Waals surface area contributed by atoms with E-state index in [1.54, 1.807) is 6.92 Å². The number of rotatable bonds is 3. The van der Waals surface area contributed by atoms with Crippen molar-refractivity contribution in [3.05, 3.63) is 43.0 Å². The summed E-state index contributed by atoms with van der Waals surface area (Å²) in [6, 6.07) is -0.357. The lowest BCUT2D eigenvalue weighted by molar-refractivity contribution is 0.283. The first kappa shape index (κ1) is 13.7. The van der Waals surface area contributed by atoms with E-state index in [1.165, 1.54) is 22.5 Å². The Kier molecular flexibility index (Phi) is 3.98. The predicted molar refractivity (Wildman–Crippen MR) is 71.1 cm³/mol. The van der Waals surface area contributed by atoms with Gasteiger partial charge in [-0.1, -0.05) is 5.11 Å². The average molecular weight is 283 g/mol. The van der Waals surface area contributed by atoms with Crippen molar-refractivity contribution < 1.29 is 5.11 Å². The first-order valence-electron chi connectivity index (χ1n) is 5.69. The van der Waals surface area contributed by atoms with E-state index in [1.807, 2.05) is 0 Å². The number of aliphatic hydroxyl groups excluding tert-OH is 1. The highest BCUT2D eigenvalue weighted by Gasteiger charge is 2.35. The number of aryl methyl sites for hydroxylation is 1. The Bertz CT molecular complexity index is 633. The van der Waals surface area contributed by atoms with Gasteiger partial charge in [0.05, 0.1) is 18.0 Å². The maximum Gasteiger partial charge on any atom is 0.329 e. The summed E-state index contributed by atoms with van der Waals surface area (Å²) < 4.78 is 1.41. The van der Waals surface area contributed by atoms with Crippen molar-refractivity contribution in [3.8, 4) is 0 Å². The number of azide groups is 1. The lowest BCUT2D eigenvalue weighted by Crippen LogP contribution is -2.32. The molecule has 0 radical (unpaired) electrons. The lowest BCUT2D eigenvalue weighted by Gasteiger charge is -2.13. The monoisotopic (exact) mass is 283 g/mol. The van der Waals surface area contributed by atoms with E-state index in [0.29, 0.717) is 12.0 Å². The lowest BCUT2D eigenvalue weighted by atomic mass is 10.1. The van der Waals surface area contributed by atoms with Gasteiger partial charge in [-0.2, -0.15) is 0 Å². The van der Waals surface area contributed by atoms with E-state index in [4.69, 9.17) is 5.53 Å². The molecule has 8 nitrogen and oxygen atoms in total. The minimum Gasteiger partial charge on any atom is -0.395 e. The van der Waals surface area contributed by atoms with Crippen molar-refractivity contribution in [1.82, 2.24) is 9.55 Å². The first-order valence-corrected chi connectivity index (χ1v) is 6.63. The smallest absolute Gasteiger partial charge is 0.329 e. The third kappa shape index (κ3) is 2.67. The van der Waals surface area contributed by atoms with Crippen LogP contribution in [0.3, 0.4) is 0 Å². The topological polar surface area (TPSA) is 124 Å². The summed E-state index contributed by atoms with van der Waals surface area (Å²) in [6.45, 7) is 1.49. The molecular formula is C10H13N5O3S. The van der Waals surface area contributed by atoms with Crippen LogP contribution in [0.5, 0.6) is 0 Å². The fourth-order valence-corrected chi connectivity index (χ4v) is 3.47. The minimum absolute atomic E-state index is 0.123. The third-order valence-electron chi connectivity index (χ3n) is 3.04. The molecular weight excluding hydrogens is 270 g/mol. The van der Waals surface area contributed by atoms with Crippen LogP contribution in [0.15, 0.2) is 20.9 Å². The van der Waals surface area contributed by atoms with Crippen molar-refractivity contribution in [2.24, 2.45) is 5.11 Å². The zero-order valence-corrected chi connectivity index (χ0v) is 11.0. The van der Waals surface area contributed by atoms with E-state index in [-0.39, 0.29) is 23.3 Å². The Hall–Kier alpha value is -1.70. The van der Waals surface area contributed by atoms with E-state index < -0.39 is 11.2 Å². The summed E-state index contributed by atoms with van der Waals surface area (Å²) in [4.78, 5) is 28.1. The molecule has 1 aromatic heterocycles. The molecule has 2 heterocycles. The second-order valence-electron chi connectivity index (χ2n) is 4.30. The molecule has 1 aliphatic rings. The summed E-state index contributed by atoms with van der Waals surface area (Å²) in [5.41, 5.74) is 8.02. The molecule has 3 atom stereocenters. The summed E-state index contributed by atoms with van der Waals surface area (Å²) in [6.07, 6.45) is 1.94. The highest BCUT2D eigenvalue weighted by atomic mass is 32.2. The molecule has 19 heavy (non-hydrogen) atoms. The van der Waals surface area contributed by atoms with Crippen molar-refractivity contribution in [2.45, 2.75) is 30.0 Å².